The quantitative estimate of drug-likeness (QED) is 0.419. The zero-order chi connectivity index (χ0) is 26.4. The van der Waals surface area contributed by atoms with Gasteiger partial charge in [-0.2, -0.15) is 15.7 Å². The number of pyridine rings is 1. The molecule has 0 radical (unpaired) electrons. The van der Waals surface area contributed by atoms with Crippen molar-refractivity contribution in [3.05, 3.63) is 82.9 Å². The van der Waals surface area contributed by atoms with E-state index in [1.807, 2.05) is 49.3 Å². The van der Waals surface area contributed by atoms with Crippen molar-refractivity contribution >= 4 is 0 Å². The lowest BCUT2D eigenvalue weighted by molar-refractivity contribution is -0.132. The molecule has 5 rings (SSSR count). The highest BCUT2D eigenvalue weighted by Gasteiger charge is 2.77. The number of nitrogens with zero attached hydrogens (tertiary/aromatic N) is 3. The van der Waals surface area contributed by atoms with Gasteiger partial charge in [0.05, 0.1) is 37.5 Å². The summed E-state index contributed by atoms with van der Waals surface area (Å²) in [5.74, 6) is 0.0125. The molecule has 1 aliphatic carbocycles. The molecule has 9 heteroatoms. The third-order valence-corrected chi connectivity index (χ3v) is 7.61. The molecule has 0 bridgehead atoms. The standard InChI is InChI=1S/C28H30N4O5/c1-32(2)16-20-23(18-8-6-5-7-9-18)28(19-12-10-17(15-29)11-13-19)27(33,25(20)31-34)24-21(37-28)14-22(35-3)30-26(24)36-4/h5-14,20,23,25,31,33-34H,16H2,1-4H3/t20-,23-,25-,27+,28+/m1/s1. The first kappa shape index (κ1) is 25.0. The van der Waals surface area contributed by atoms with Crippen LogP contribution in [-0.2, 0) is 11.2 Å². The van der Waals surface area contributed by atoms with Crippen LogP contribution in [0.15, 0.2) is 60.7 Å². The summed E-state index contributed by atoms with van der Waals surface area (Å²) in [6.07, 6.45) is 0. The first-order valence-corrected chi connectivity index (χ1v) is 12.0. The van der Waals surface area contributed by atoms with Gasteiger partial charge in [-0.15, -0.1) is 0 Å². The first-order chi connectivity index (χ1) is 17.8. The molecule has 0 unspecified atom stereocenters. The molecule has 1 aromatic heterocycles. The largest absolute Gasteiger partial charge is 0.481 e. The van der Waals surface area contributed by atoms with E-state index in [1.54, 1.807) is 30.3 Å². The molecule has 3 aromatic rings. The minimum absolute atomic E-state index is 0.143. The fourth-order valence-electron chi connectivity index (χ4n) is 6.30. The second-order valence-electron chi connectivity index (χ2n) is 9.76. The van der Waals surface area contributed by atoms with Gasteiger partial charge in [0.25, 0.3) is 0 Å². The summed E-state index contributed by atoms with van der Waals surface area (Å²) in [6.45, 7) is 0.530. The van der Waals surface area contributed by atoms with Crippen molar-refractivity contribution in [1.82, 2.24) is 15.4 Å². The van der Waals surface area contributed by atoms with Crippen molar-refractivity contribution in [2.75, 3.05) is 34.9 Å². The Kier molecular flexibility index (Phi) is 6.30. The molecule has 9 nitrogen and oxygen atoms in total. The molecule has 1 saturated carbocycles. The molecule has 3 N–H and O–H groups in total. The van der Waals surface area contributed by atoms with Crippen molar-refractivity contribution in [2.45, 2.75) is 23.2 Å². The Hall–Kier alpha value is -3.68. The van der Waals surface area contributed by atoms with Gasteiger partial charge in [0.1, 0.15) is 5.75 Å². The number of aliphatic hydroxyl groups is 1. The van der Waals surface area contributed by atoms with Gasteiger partial charge in [0, 0.05) is 24.4 Å². The van der Waals surface area contributed by atoms with Crippen molar-refractivity contribution in [3.63, 3.8) is 0 Å². The van der Waals surface area contributed by atoms with E-state index < -0.39 is 23.2 Å². The molecule has 192 valence electrons. The van der Waals surface area contributed by atoms with Gasteiger partial charge in [0.15, 0.2) is 11.2 Å². The van der Waals surface area contributed by atoms with E-state index >= 15 is 0 Å². The summed E-state index contributed by atoms with van der Waals surface area (Å²) < 4.78 is 17.9. The molecule has 1 aliphatic heterocycles. The lowest BCUT2D eigenvalue weighted by Crippen LogP contribution is -2.55. The number of benzene rings is 2. The molecule has 5 atom stereocenters. The smallest absolute Gasteiger partial charge is 0.226 e. The number of hydrogen-bond donors (Lipinski definition) is 3. The maximum atomic E-state index is 13.0. The minimum atomic E-state index is -1.82. The van der Waals surface area contributed by atoms with Crippen LogP contribution in [0.25, 0.3) is 0 Å². The van der Waals surface area contributed by atoms with Crippen molar-refractivity contribution in [1.29, 1.82) is 5.26 Å². The normalized spacial score (nSPS) is 27.8. The van der Waals surface area contributed by atoms with Gasteiger partial charge >= 0.3 is 0 Å². The predicted octanol–water partition coefficient (Wildman–Crippen LogP) is 2.77. The van der Waals surface area contributed by atoms with E-state index in [4.69, 9.17) is 14.2 Å². The van der Waals surface area contributed by atoms with Crippen LogP contribution in [0.3, 0.4) is 0 Å². The summed E-state index contributed by atoms with van der Waals surface area (Å²) in [5, 5.41) is 33.1. The Morgan fingerprint density at radius 1 is 1.11 bits per heavy atom. The van der Waals surface area contributed by atoms with Crippen LogP contribution in [0.2, 0.25) is 0 Å². The summed E-state index contributed by atoms with van der Waals surface area (Å²) in [6, 6.07) is 19.7. The van der Waals surface area contributed by atoms with Crippen LogP contribution in [-0.4, -0.2) is 61.1 Å². The van der Waals surface area contributed by atoms with Crippen LogP contribution in [0.1, 0.15) is 28.2 Å². The number of nitrogens with one attached hydrogen (secondary N) is 1. The Morgan fingerprint density at radius 3 is 2.38 bits per heavy atom. The van der Waals surface area contributed by atoms with Crippen LogP contribution in [0.5, 0.6) is 17.5 Å². The Balaban J connectivity index is 1.88. The molecule has 37 heavy (non-hydrogen) atoms. The molecule has 0 spiro atoms. The fourth-order valence-corrected chi connectivity index (χ4v) is 6.30. The number of ether oxygens (including phenoxy) is 3. The van der Waals surface area contributed by atoms with Gasteiger partial charge < -0.3 is 29.4 Å². The molecule has 2 aromatic carbocycles. The van der Waals surface area contributed by atoms with Crippen LogP contribution in [0, 0.1) is 17.2 Å². The number of rotatable bonds is 7. The van der Waals surface area contributed by atoms with Gasteiger partial charge in [-0.3, -0.25) is 0 Å². The Labute approximate surface area is 215 Å². The summed E-state index contributed by atoms with van der Waals surface area (Å²) in [5.41, 5.74) is 1.61. The zero-order valence-corrected chi connectivity index (χ0v) is 21.2. The Morgan fingerprint density at radius 2 is 1.81 bits per heavy atom. The molecular formula is C28H30N4O5. The third-order valence-electron chi connectivity index (χ3n) is 7.61. The van der Waals surface area contributed by atoms with E-state index in [2.05, 4.69) is 16.5 Å². The topological polar surface area (TPSA) is 120 Å². The maximum absolute atomic E-state index is 13.0. The second-order valence-corrected chi connectivity index (χ2v) is 9.76. The maximum Gasteiger partial charge on any atom is 0.226 e. The van der Waals surface area contributed by atoms with Gasteiger partial charge in [0.2, 0.25) is 11.8 Å². The number of fused-ring (bicyclic) bond motifs is 3. The van der Waals surface area contributed by atoms with Crippen LogP contribution in [0.4, 0.5) is 0 Å². The zero-order valence-electron chi connectivity index (χ0n) is 21.2. The molecular weight excluding hydrogens is 472 g/mol. The predicted molar refractivity (Wildman–Crippen MR) is 135 cm³/mol. The van der Waals surface area contributed by atoms with Crippen molar-refractivity contribution in [2.24, 2.45) is 5.92 Å². The highest BCUT2D eigenvalue weighted by atomic mass is 16.5. The minimum Gasteiger partial charge on any atom is -0.481 e. The number of aromatic nitrogens is 1. The third kappa shape index (κ3) is 3.49. The van der Waals surface area contributed by atoms with Gasteiger partial charge in [-0.1, -0.05) is 42.5 Å². The molecule has 0 amide bonds. The number of methoxy groups -OCH3 is 2. The van der Waals surface area contributed by atoms with Crippen LogP contribution >= 0.6 is 0 Å². The highest BCUT2D eigenvalue weighted by molar-refractivity contribution is 5.60. The van der Waals surface area contributed by atoms with E-state index in [9.17, 15) is 15.6 Å². The number of hydroxylamine groups is 1. The molecule has 2 aliphatic rings. The highest BCUT2D eigenvalue weighted by Crippen LogP contribution is 2.69. The average Bonchev–Trinajstić information content (AvgIpc) is 3.29. The summed E-state index contributed by atoms with van der Waals surface area (Å²) in [7, 11) is 6.86. The SMILES string of the molecule is COc1cc2c(c(OC)n1)[C@]1(O)[C@H](NO)[C@H](CN(C)C)[C@@H](c3ccccc3)[C@]1(c1ccc(C#N)cc1)O2. The van der Waals surface area contributed by atoms with Crippen molar-refractivity contribution in [3.8, 4) is 23.6 Å². The lowest BCUT2D eigenvalue weighted by Gasteiger charge is -2.41. The monoisotopic (exact) mass is 502 g/mol. The second kappa shape index (κ2) is 9.32. The molecule has 2 heterocycles. The van der Waals surface area contributed by atoms with E-state index in [1.165, 1.54) is 14.2 Å². The summed E-state index contributed by atoms with van der Waals surface area (Å²) in [4.78, 5) is 6.46. The Bertz CT molecular complexity index is 1330. The molecule has 0 saturated heterocycles. The lowest BCUT2D eigenvalue weighted by atomic mass is 9.70. The van der Waals surface area contributed by atoms with Gasteiger partial charge in [-0.25, -0.2) is 0 Å². The van der Waals surface area contributed by atoms with Gasteiger partial charge in [-0.05, 0) is 37.4 Å². The molecule has 1 fully saturated rings. The first-order valence-electron chi connectivity index (χ1n) is 12.0. The van der Waals surface area contributed by atoms with E-state index in [0.29, 0.717) is 29.0 Å². The number of nitriles is 1. The van der Waals surface area contributed by atoms with E-state index in [0.717, 1.165) is 5.56 Å². The van der Waals surface area contributed by atoms with E-state index in [-0.39, 0.29) is 17.7 Å². The number of hydrogen-bond acceptors (Lipinski definition) is 9. The average molecular weight is 503 g/mol. The van der Waals surface area contributed by atoms with Crippen LogP contribution < -0.4 is 19.7 Å². The fraction of sp³-hybridized carbons (Fsp3) is 0.357. The van der Waals surface area contributed by atoms with Crippen molar-refractivity contribution < 1.29 is 24.5 Å². The summed E-state index contributed by atoms with van der Waals surface area (Å²) >= 11 is 0.